The monoisotopic (exact) mass is 386 g/mol. The summed E-state index contributed by atoms with van der Waals surface area (Å²) in [4.78, 5) is 20.4. The van der Waals surface area contributed by atoms with E-state index in [-0.39, 0.29) is 17.5 Å². The van der Waals surface area contributed by atoms with Crippen LogP contribution in [0, 0.1) is 5.82 Å². The number of rotatable bonds is 4. The maximum atomic E-state index is 13.2. The molecule has 1 aromatic heterocycles. The van der Waals surface area contributed by atoms with Crippen LogP contribution in [0.25, 0.3) is 0 Å². The van der Waals surface area contributed by atoms with Crippen molar-refractivity contribution in [2.75, 3.05) is 17.4 Å². The van der Waals surface area contributed by atoms with E-state index in [1.807, 2.05) is 0 Å². The fraction of sp³-hybridized carbons (Fsp3) is 0.0556. The molecule has 1 aliphatic rings. The van der Waals surface area contributed by atoms with Crippen molar-refractivity contribution in [3.63, 3.8) is 0 Å². The minimum Gasteiger partial charge on any atom is -0.454 e. The summed E-state index contributed by atoms with van der Waals surface area (Å²) in [7, 11) is 0. The number of carbonyl (C=O) groups excluding carboxylic acids is 1. The molecule has 0 bridgehead atoms. The molecule has 2 aromatic carbocycles. The van der Waals surface area contributed by atoms with Crippen molar-refractivity contribution >= 4 is 34.7 Å². The third-order valence-corrected chi connectivity index (χ3v) is 4.01. The first-order valence-electron chi connectivity index (χ1n) is 7.83. The first-order valence-corrected chi connectivity index (χ1v) is 8.21. The van der Waals surface area contributed by atoms with Crippen molar-refractivity contribution in [2.45, 2.75) is 0 Å². The van der Waals surface area contributed by atoms with Gasteiger partial charge in [-0.05, 0) is 30.3 Å². The number of nitrogens with one attached hydrogen (secondary N) is 2. The van der Waals surface area contributed by atoms with Crippen molar-refractivity contribution < 1.29 is 18.7 Å². The number of aromatic nitrogens is 2. The lowest BCUT2D eigenvalue weighted by Gasteiger charge is -2.08. The van der Waals surface area contributed by atoms with Crippen molar-refractivity contribution in [2.24, 2.45) is 0 Å². The zero-order valence-corrected chi connectivity index (χ0v) is 14.5. The van der Waals surface area contributed by atoms with Crippen molar-refractivity contribution in [1.82, 2.24) is 9.97 Å². The summed E-state index contributed by atoms with van der Waals surface area (Å²) >= 11 is 5.72. The van der Waals surface area contributed by atoms with E-state index in [0.29, 0.717) is 23.0 Å². The topological polar surface area (TPSA) is 85.4 Å². The summed E-state index contributed by atoms with van der Waals surface area (Å²) in [6.45, 7) is 0.185. The molecule has 0 radical (unpaired) electrons. The fourth-order valence-electron chi connectivity index (χ4n) is 2.44. The van der Waals surface area contributed by atoms with Crippen LogP contribution in [0.2, 0.25) is 5.02 Å². The lowest BCUT2D eigenvalue weighted by molar-refractivity contribution is 0.102. The zero-order chi connectivity index (χ0) is 18.8. The third-order valence-electron chi connectivity index (χ3n) is 3.72. The van der Waals surface area contributed by atoms with Crippen LogP contribution >= 0.6 is 11.6 Å². The molecule has 0 fully saturated rings. The first-order chi connectivity index (χ1) is 13.1. The van der Waals surface area contributed by atoms with Gasteiger partial charge in [0, 0.05) is 23.5 Å². The van der Waals surface area contributed by atoms with E-state index in [0.717, 1.165) is 5.69 Å². The van der Waals surface area contributed by atoms with Crippen LogP contribution in [0.1, 0.15) is 10.5 Å². The summed E-state index contributed by atoms with van der Waals surface area (Å²) in [5.41, 5.74) is 1.21. The molecule has 0 spiro atoms. The van der Waals surface area contributed by atoms with Crippen LogP contribution in [0.15, 0.2) is 48.8 Å². The highest BCUT2D eigenvalue weighted by Crippen LogP contribution is 2.34. The van der Waals surface area contributed by atoms with Gasteiger partial charge >= 0.3 is 0 Å². The number of ether oxygens (including phenoxy) is 2. The largest absolute Gasteiger partial charge is 0.454 e. The molecule has 3 aromatic rings. The summed E-state index contributed by atoms with van der Waals surface area (Å²) in [6, 6.07) is 10.7. The van der Waals surface area contributed by atoms with Crippen LogP contribution in [0.5, 0.6) is 11.5 Å². The molecular weight excluding hydrogens is 375 g/mol. The van der Waals surface area contributed by atoms with Gasteiger partial charge in [-0.15, -0.1) is 0 Å². The lowest BCUT2D eigenvalue weighted by Crippen LogP contribution is -2.14. The van der Waals surface area contributed by atoms with Crippen LogP contribution < -0.4 is 20.1 Å². The van der Waals surface area contributed by atoms with Gasteiger partial charge in [0.25, 0.3) is 5.91 Å². The van der Waals surface area contributed by atoms with Gasteiger partial charge < -0.3 is 20.1 Å². The maximum Gasteiger partial charge on any atom is 0.274 e. The van der Waals surface area contributed by atoms with E-state index in [2.05, 4.69) is 20.6 Å². The normalized spacial score (nSPS) is 11.9. The molecule has 9 heteroatoms. The fourth-order valence-corrected chi connectivity index (χ4v) is 2.62. The van der Waals surface area contributed by atoms with E-state index >= 15 is 0 Å². The Labute approximate surface area is 158 Å². The van der Waals surface area contributed by atoms with Crippen molar-refractivity contribution in [3.05, 3.63) is 65.3 Å². The third kappa shape index (κ3) is 3.75. The van der Waals surface area contributed by atoms with Gasteiger partial charge in [0.1, 0.15) is 23.7 Å². The van der Waals surface area contributed by atoms with Gasteiger partial charge in [-0.3, -0.25) is 4.79 Å². The Kier molecular flexibility index (Phi) is 4.47. The van der Waals surface area contributed by atoms with E-state index in [9.17, 15) is 9.18 Å². The molecule has 0 atom stereocenters. The molecule has 7 nitrogen and oxygen atoms in total. The number of benzene rings is 2. The van der Waals surface area contributed by atoms with Crippen LogP contribution in [-0.4, -0.2) is 22.7 Å². The van der Waals surface area contributed by atoms with Crippen LogP contribution in [-0.2, 0) is 0 Å². The molecular formula is C18H12ClFN4O3. The molecule has 27 heavy (non-hydrogen) atoms. The molecule has 0 unspecified atom stereocenters. The number of hydrogen-bond acceptors (Lipinski definition) is 6. The van der Waals surface area contributed by atoms with Gasteiger partial charge in [0.15, 0.2) is 11.5 Å². The minimum atomic E-state index is -0.563. The Balaban J connectivity index is 1.49. The maximum absolute atomic E-state index is 13.2. The van der Waals surface area contributed by atoms with E-state index in [1.54, 1.807) is 18.2 Å². The number of hydrogen-bond donors (Lipinski definition) is 2. The molecule has 1 amide bonds. The van der Waals surface area contributed by atoms with Gasteiger partial charge in [-0.2, -0.15) is 0 Å². The summed E-state index contributed by atoms with van der Waals surface area (Å²) < 4.78 is 23.8. The minimum absolute atomic E-state index is 0.0827. The second-order valence-electron chi connectivity index (χ2n) is 5.56. The second kappa shape index (κ2) is 7.08. The molecule has 2 N–H and O–H groups in total. The molecule has 1 aliphatic heterocycles. The van der Waals surface area contributed by atoms with Crippen LogP contribution in [0.3, 0.4) is 0 Å². The van der Waals surface area contributed by atoms with E-state index in [4.69, 9.17) is 21.1 Å². The first kappa shape index (κ1) is 17.0. The summed E-state index contributed by atoms with van der Waals surface area (Å²) in [5, 5.41) is 5.60. The molecule has 136 valence electrons. The van der Waals surface area contributed by atoms with Gasteiger partial charge in [0.05, 0.1) is 5.02 Å². The predicted octanol–water partition coefficient (Wildman–Crippen LogP) is 3.99. The Morgan fingerprint density at radius 3 is 2.70 bits per heavy atom. The number of anilines is 3. The zero-order valence-electron chi connectivity index (χ0n) is 13.7. The number of halogens is 2. The van der Waals surface area contributed by atoms with E-state index in [1.165, 1.54) is 30.6 Å². The Morgan fingerprint density at radius 1 is 1.04 bits per heavy atom. The number of carbonyl (C=O) groups is 1. The van der Waals surface area contributed by atoms with Gasteiger partial charge in [-0.25, -0.2) is 14.4 Å². The highest BCUT2D eigenvalue weighted by atomic mass is 35.5. The lowest BCUT2D eigenvalue weighted by atomic mass is 10.2. The average Bonchev–Trinajstić information content (AvgIpc) is 3.13. The Morgan fingerprint density at radius 2 is 1.85 bits per heavy atom. The highest BCUT2D eigenvalue weighted by molar-refractivity contribution is 6.31. The number of fused-ring (bicyclic) bond motifs is 1. The molecule has 0 saturated heterocycles. The number of amides is 1. The molecule has 0 aliphatic carbocycles. The van der Waals surface area contributed by atoms with Crippen LogP contribution in [0.4, 0.5) is 21.6 Å². The highest BCUT2D eigenvalue weighted by Gasteiger charge is 2.14. The molecule has 0 saturated carbocycles. The molecule has 2 heterocycles. The van der Waals surface area contributed by atoms with E-state index < -0.39 is 11.7 Å². The van der Waals surface area contributed by atoms with Crippen molar-refractivity contribution in [1.29, 1.82) is 0 Å². The average molecular weight is 387 g/mol. The predicted molar refractivity (Wildman–Crippen MR) is 97.2 cm³/mol. The van der Waals surface area contributed by atoms with Gasteiger partial charge in [0.2, 0.25) is 6.79 Å². The number of nitrogens with zero attached hydrogens (tertiary/aromatic N) is 2. The quantitative estimate of drug-likeness (QED) is 0.705. The Bertz CT molecular complexity index is 1030. The van der Waals surface area contributed by atoms with Crippen molar-refractivity contribution in [3.8, 4) is 11.5 Å². The summed E-state index contributed by atoms with van der Waals surface area (Å²) in [5.74, 6) is 0.674. The van der Waals surface area contributed by atoms with Gasteiger partial charge in [-0.1, -0.05) is 11.6 Å². The smallest absolute Gasteiger partial charge is 0.274 e. The standard InChI is InChI=1S/C18H12ClFN4O3/c19-12-5-10(1-3-13(12)20)24-18(25)14-7-17(22-8-21-14)23-11-2-4-15-16(6-11)27-9-26-15/h1-8H,9H2,(H,24,25)(H,21,22,23). The second-order valence-corrected chi connectivity index (χ2v) is 5.97. The SMILES string of the molecule is O=C(Nc1ccc(F)c(Cl)c1)c1cc(Nc2ccc3c(c2)OCO3)ncn1. The Hall–Kier alpha value is -3.39. The molecule has 4 rings (SSSR count). The summed E-state index contributed by atoms with van der Waals surface area (Å²) in [6.07, 6.45) is 1.27.